The molecular formula is C20H16FNO2S. The minimum Gasteiger partial charge on any atom is -0.462 e. The van der Waals surface area contributed by atoms with Crippen molar-refractivity contribution in [3.63, 3.8) is 0 Å². The molecule has 2 aromatic carbocycles. The molecule has 1 aromatic heterocycles. The van der Waals surface area contributed by atoms with Gasteiger partial charge in [0.25, 0.3) is 0 Å². The van der Waals surface area contributed by atoms with Crippen molar-refractivity contribution in [3.05, 3.63) is 69.8 Å². The summed E-state index contributed by atoms with van der Waals surface area (Å²) in [7, 11) is 0. The lowest BCUT2D eigenvalue weighted by Crippen LogP contribution is -2.06. The highest BCUT2D eigenvalue weighted by Crippen LogP contribution is 2.34. The van der Waals surface area contributed by atoms with Crippen LogP contribution in [0.5, 0.6) is 0 Å². The number of benzene rings is 2. The predicted octanol–water partition coefficient (Wildman–Crippen LogP) is 4.87. The van der Waals surface area contributed by atoms with E-state index < -0.39 is 5.97 Å². The van der Waals surface area contributed by atoms with Gasteiger partial charge in [0, 0.05) is 10.1 Å². The molecule has 0 aliphatic heterocycles. The van der Waals surface area contributed by atoms with Gasteiger partial charge >= 0.3 is 5.97 Å². The van der Waals surface area contributed by atoms with Crippen molar-refractivity contribution in [2.45, 2.75) is 19.8 Å². The Morgan fingerprint density at radius 3 is 2.64 bits per heavy atom. The van der Waals surface area contributed by atoms with Crippen LogP contribution in [0.3, 0.4) is 0 Å². The molecule has 0 spiro atoms. The Morgan fingerprint density at radius 1 is 1.20 bits per heavy atom. The lowest BCUT2D eigenvalue weighted by atomic mass is 10.0. The molecule has 0 aliphatic rings. The number of halogens is 1. The Kier molecular flexibility index (Phi) is 5.11. The molecule has 5 heteroatoms. The third kappa shape index (κ3) is 3.54. The second kappa shape index (κ2) is 7.45. The van der Waals surface area contributed by atoms with E-state index in [2.05, 4.69) is 6.07 Å². The second-order valence-electron chi connectivity index (χ2n) is 5.55. The van der Waals surface area contributed by atoms with E-state index in [4.69, 9.17) is 10.00 Å². The van der Waals surface area contributed by atoms with Crippen molar-refractivity contribution >= 4 is 27.4 Å². The molecule has 0 bridgehead atoms. The first-order chi connectivity index (χ1) is 12.1. The van der Waals surface area contributed by atoms with Crippen LogP contribution in [0.1, 0.15) is 33.3 Å². The first kappa shape index (κ1) is 17.1. The van der Waals surface area contributed by atoms with E-state index in [9.17, 15) is 9.18 Å². The number of esters is 1. The van der Waals surface area contributed by atoms with Gasteiger partial charge in [-0.25, -0.2) is 9.18 Å². The Balaban J connectivity index is 1.96. The summed E-state index contributed by atoms with van der Waals surface area (Å²) in [6, 6.07) is 14.2. The number of ether oxygens (including phenoxy) is 1. The van der Waals surface area contributed by atoms with Crippen LogP contribution in [0, 0.1) is 17.1 Å². The van der Waals surface area contributed by atoms with Gasteiger partial charge in [-0.15, -0.1) is 11.3 Å². The minimum absolute atomic E-state index is 0.282. The summed E-state index contributed by atoms with van der Waals surface area (Å²) in [5, 5.41) is 9.37. The topological polar surface area (TPSA) is 50.1 Å². The minimum atomic E-state index is -0.405. The number of thiophene rings is 1. The van der Waals surface area contributed by atoms with E-state index in [-0.39, 0.29) is 12.4 Å². The molecule has 126 valence electrons. The summed E-state index contributed by atoms with van der Waals surface area (Å²) in [6.45, 7) is 2.03. The van der Waals surface area contributed by atoms with Gasteiger partial charge < -0.3 is 4.74 Å². The number of carbonyl (C=O) groups excluding carboxylic acids is 1. The molecule has 0 N–H and O–H groups in total. The van der Waals surface area contributed by atoms with Crippen LogP contribution in [-0.4, -0.2) is 12.6 Å². The van der Waals surface area contributed by atoms with E-state index in [1.807, 2.05) is 18.2 Å². The number of aryl methyl sites for hydroxylation is 2. The maximum Gasteiger partial charge on any atom is 0.348 e. The molecule has 3 aromatic rings. The van der Waals surface area contributed by atoms with E-state index in [0.717, 1.165) is 10.3 Å². The van der Waals surface area contributed by atoms with Gasteiger partial charge in [-0.3, -0.25) is 0 Å². The Hall–Kier alpha value is -2.71. The van der Waals surface area contributed by atoms with Crippen LogP contribution in [0.2, 0.25) is 0 Å². The molecule has 0 saturated carbocycles. The van der Waals surface area contributed by atoms with Crippen molar-refractivity contribution in [3.8, 4) is 6.07 Å². The first-order valence-electron chi connectivity index (χ1n) is 8.00. The van der Waals surface area contributed by atoms with Crippen LogP contribution in [0.4, 0.5) is 4.39 Å². The first-order valence-corrected chi connectivity index (χ1v) is 8.81. The Bertz CT molecular complexity index is 954. The van der Waals surface area contributed by atoms with Crippen molar-refractivity contribution in [1.82, 2.24) is 0 Å². The highest BCUT2D eigenvalue weighted by molar-refractivity contribution is 7.21. The number of nitriles is 1. The number of hydrogen-bond donors (Lipinski definition) is 0. The summed E-state index contributed by atoms with van der Waals surface area (Å²) in [5.41, 5.74) is 2.33. The largest absolute Gasteiger partial charge is 0.462 e. The fourth-order valence-electron chi connectivity index (χ4n) is 2.78. The molecule has 3 rings (SSSR count). The summed E-state index contributed by atoms with van der Waals surface area (Å²) in [4.78, 5) is 12.7. The maximum atomic E-state index is 14.4. The predicted molar refractivity (Wildman–Crippen MR) is 96.3 cm³/mol. The van der Waals surface area contributed by atoms with Gasteiger partial charge in [0.05, 0.1) is 18.2 Å². The molecule has 0 amide bonds. The second-order valence-corrected chi connectivity index (χ2v) is 6.60. The zero-order valence-electron chi connectivity index (χ0n) is 13.7. The molecule has 3 nitrogen and oxygen atoms in total. The fraction of sp³-hybridized carbons (Fsp3) is 0.200. The van der Waals surface area contributed by atoms with E-state index in [1.165, 1.54) is 17.4 Å². The average Bonchev–Trinajstić information content (AvgIpc) is 3.01. The molecule has 0 atom stereocenters. The van der Waals surface area contributed by atoms with Gasteiger partial charge in [0.2, 0.25) is 0 Å². The van der Waals surface area contributed by atoms with Gasteiger partial charge in [-0.05, 0) is 55.2 Å². The molecule has 0 aliphatic carbocycles. The van der Waals surface area contributed by atoms with Crippen LogP contribution in [0.15, 0.2) is 42.5 Å². The summed E-state index contributed by atoms with van der Waals surface area (Å²) < 4.78 is 20.2. The zero-order chi connectivity index (χ0) is 17.8. The van der Waals surface area contributed by atoms with Crippen molar-refractivity contribution in [2.75, 3.05) is 6.61 Å². The van der Waals surface area contributed by atoms with Crippen molar-refractivity contribution in [2.24, 2.45) is 0 Å². The maximum absolute atomic E-state index is 14.4. The third-order valence-electron chi connectivity index (χ3n) is 3.97. The lowest BCUT2D eigenvalue weighted by molar-refractivity contribution is 0.0531. The highest BCUT2D eigenvalue weighted by Gasteiger charge is 2.21. The van der Waals surface area contributed by atoms with E-state index in [1.54, 1.807) is 25.1 Å². The number of hydrogen-bond acceptors (Lipinski definition) is 4. The number of nitrogens with zero attached hydrogens (tertiary/aromatic N) is 1. The highest BCUT2D eigenvalue weighted by atomic mass is 32.1. The number of rotatable bonds is 5. The fourth-order valence-corrected chi connectivity index (χ4v) is 3.94. The zero-order valence-corrected chi connectivity index (χ0v) is 14.5. The Morgan fingerprint density at radius 2 is 1.96 bits per heavy atom. The van der Waals surface area contributed by atoms with Crippen molar-refractivity contribution < 1.29 is 13.9 Å². The summed E-state index contributed by atoms with van der Waals surface area (Å²) in [6.07, 6.45) is 1.18. The standard InChI is InChI=1S/C20H16FNO2S/c1-2-24-20(23)19-15(18-16(21)4-3-5-17(18)25-19)11-10-13-6-8-14(12-22)9-7-13/h3-9H,2,10-11H2,1H3. The molecular weight excluding hydrogens is 337 g/mol. The van der Waals surface area contributed by atoms with Crippen LogP contribution >= 0.6 is 11.3 Å². The molecule has 0 saturated heterocycles. The van der Waals surface area contributed by atoms with Gasteiger partial charge in [0.1, 0.15) is 10.7 Å². The molecule has 0 fully saturated rings. The van der Waals surface area contributed by atoms with E-state index >= 15 is 0 Å². The van der Waals surface area contributed by atoms with Gasteiger partial charge in [-0.2, -0.15) is 5.26 Å². The quantitative estimate of drug-likeness (QED) is 0.615. The summed E-state index contributed by atoms with van der Waals surface area (Å²) in [5.74, 6) is -0.725. The van der Waals surface area contributed by atoms with Crippen LogP contribution < -0.4 is 0 Å². The van der Waals surface area contributed by atoms with Crippen molar-refractivity contribution in [1.29, 1.82) is 5.26 Å². The average molecular weight is 353 g/mol. The molecule has 0 radical (unpaired) electrons. The Labute approximate surface area is 149 Å². The number of carbonyl (C=O) groups is 1. The van der Waals surface area contributed by atoms with Gasteiger partial charge in [0.15, 0.2) is 0 Å². The lowest BCUT2D eigenvalue weighted by Gasteiger charge is -2.06. The molecule has 0 unspecified atom stereocenters. The SMILES string of the molecule is CCOC(=O)c1sc2cccc(F)c2c1CCc1ccc(C#N)cc1. The van der Waals surface area contributed by atoms with Gasteiger partial charge in [-0.1, -0.05) is 18.2 Å². The summed E-state index contributed by atoms with van der Waals surface area (Å²) >= 11 is 1.27. The number of fused-ring (bicyclic) bond motifs is 1. The third-order valence-corrected chi connectivity index (χ3v) is 5.15. The van der Waals surface area contributed by atoms with Crippen LogP contribution in [0.25, 0.3) is 10.1 Å². The molecule has 25 heavy (non-hydrogen) atoms. The molecule has 1 heterocycles. The normalized spacial score (nSPS) is 10.6. The monoisotopic (exact) mass is 353 g/mol. The smallest absolute Gasteiger partial charge is 0.348 e. The van der Waals surface area contributed by atoms with E-state index in [0.29, 0.717) is 34.2 Å². The van der Waals surface area contributed by atoms with Crippen LogP contribution in [-0.2, 0) is 17.6 Å².